The van der Waals surface area contributed by atoms with Crippen LogP contribution in [0.15, 0.2) is 0 Å². The van der Waals surface area contributed by atoms with Crippen LogP contribution in [0.2, 0.25) is 0 Å². The quantitative estimate of drug-likeness (QED) is 0.449. The largest absolute Gasteiger partial charge is 0.449 e. The number of hydrogen-bond acceptors (Lipinski definition) is 6. The predicted molar refractivity (Wildman–Crippen MR) is 54.8 cm³/mol. The first kappa shape index (κ1) is 15.1. The van der Waals surface area contributed by atoms with Crippen molar-refractivity contribution >= 4 is 16.3 Å². The maximum atomic E-state index is 11.2. The van der Waals surface area contributed by atoms with E-state index in [4.69, 9.17) is 5.11 Å². The van der Waals surface area contributed by atoms with Crippen molar-refractivity contribution in [3.63, 3.8) is 0 Å². The summed E-state index contributed by atoms with van der Waals surface area (Å²) in [5.74, 6) is 0. The lowest BCUT2D eigenvalue weighted by Gasteiger charge is -2.20. The molecule has 0 aromatic heterocycles. The van der Waals surface area contributed by atoms with E-state index in [0.717, 1.165) is 0 Å². The Hall–Kier alpha value is -0.900. The smallest absolute Gasteiger partial charge is 0.421 e. The molecule has 0 spiro atoms. The molecule has 0 aliphatic heterocycles. The topological polar surface area (TPSA) is 125 Å². The summed E-state index contributed by atoms with van der Waals surface area (Å²) in [6.45, 7) is 1.75. The highest BCUT2D eigenvalue weighted by Gasteiger charge is 2.23. The monoisotopic (exact) mass is 256 g/mol. The fourth-order valence-electron chi connectivity index (χ4n) is 0.613. The molecule has 0 saturated carbocycles. The van der Waals surface area contributed by atoms with Crippen molar-refractivity contribution in [2.75, 3.05) is 19.8 Å². The normalized spacial score (nSPS) is 15.2. The Labute approximate surface area is 93.8 Å². The second-order valence-corrected chi connectivity index (χ2v) is 4.80. The van der Waals surface area contributed by atoms with Crippen LogP contribution in [-0.4, -0.2) is 50.1 Å². The number of aliphatic hydroxyl groups is 2. The summed E-state index contributed by atoms with van der Waals surface area (Å²) in [7, 11) is -4.09. The summed E-state index contributed by atoms with van der Waals surface area (Å²) < 4.78 is 30.1. The molecule has 0 aromatic carbocycles. The number of carbonyl (C=O) groups excluding carboxylic acids is 1. The van der Waals surface area contributed by atoms with E-state index in [0.29, 0.717) is 0 Å². The fourth-order valence-corrected chi connectivity index (χ4v) is 1.46. The molecule has 0 aliphatic carbocycles. The molecule has 0 radical (unpaired) electrons. The zero-order valence-corrected chi connectivity index (χ0v) is 9.87. The highest BCUT2D eigenvalue weighted by atomic mass is 32.2. The lowest BCUT2D eigenvalue weighted by molar-refractivity contribution is 0.00674. The second kappa shape index (κ2) is 5.99. The first-order valence-corrected chi connectivity index (χ1v) is 5.98. The van der Waals surface area contributed by atoms with E-state index in [9.17, 15) is 18.3 Å². The molecular weight excluding hydrogens is 240 g/mol. The van der Waals surface area contributed by atoms with Crippen LogP contribution in [0.5, 0.6) is 0 Å². The van der Waals surface area contributed by atoms with Gasteiger partial charge in [0.25, 0.3) is 0 Å². The molecule has 0 bridgehead atoms. The van der Waals surface area contributed by atoms with Crippen molar-refractivity contribution in [2.45, 2.75) is 19.4 Å². The van der Waals surface area contributed by atoms with Crippen LogP contribution >= 0.6 is 0 Å². The molecule has 1 amide bonds. The third-order valence-corrected chi connectivity index (χ3v) is 2.44. The minimum atomic E-state index is -4.09. The molecule has 0 aliphatic rings. The van der Waals surface area contributed by atoms with Gasteiger partial charge in [0.05, 0.1) is 18.8 Å². The minimum Gasteiger partial charge on any atom is -0.449 e. The van der Waals surface area contributed by atoms with Gasteiger partial charge in [-0.1, -0.05) is 0 Å². The van der Waals surface area contributed by atoms with Crippen molar-refractivity contribution in [3.05, 3.63) is 0 Å². The molecule has 1 unspecified atom stereocenters. The van der Waals surface area contributed by atoms with Gasteiger partial charge in [-0.3, -0.25) is 0 Å². The average molecular weight is 256 g/mol. The van der Waals surface area contributed by atoms with Crippen LogP contribution < -0.4 is 9.44 Å². The first-order chi connectivity index (χ1) is 7.22. The van der Waals surface area contributed by atoms with Gasteiger partial charge in [-0.2, -0.15) is 13.1 Å². The molecule has 0 fully saturated rings. The van der Waals surface area contributed by atoms with E-state index in [1.165, 1.54) is 13.8 Å². The van der Waals surface area contributed by atoms with Crippen LogP contribution in [0.4, 0.5) is 4.79 Å². The molecule has 1 atom stereocenters. The molecule has 0 rings (SSSR count). The number of aliphatic hydroxyl groups excluding tert-OH is 1. The average Bonchev–Trinajstić information content (AvgIpc) is 2.15. The van der Waals surface area contributed by atoms with Crippen molar-refractivity contribution in [1.82, 2.24) is 9.44 Å². The van der Waals surface area contributed by atoms with E-state index in [1.807, 2.05) is 4.72 Å². The third kappa shape index (κ3) is 6.56. The van der Waals surface area contributed by atoms with Crippen molar-refractivity contribution in [2.24, 2.45) is 0 Å². The molecule has 9 heteroatoms. The van der Waals surface area contributed by atoms with Gasteiger partial charge in [-0.25, -0.2) is 9.52 Å². The van der Waals surface area contributed by atoms with E-state index >= 15 is 0 Å². The van der Waals surface area contributed by atoms with Crippen LogP contribution in [0, 0.1) is 0 Å². The fraction of sp³-hybridized carbons (Fsp3) is 0.857. The molecule has 96 valence electrons. The van der Waals surface area contributed by atoms with Crippen LogP contribution in [0.25, 0.3) is 0 Å². The van der Waals surface area contributed by atoms with E-state index in [1.54, 1.807) is 4.72 Å². The van der Waals surface area contributed by atoms with Gasteiger partial charge in [0, 0.05) is 6.54 Å². The molecule has 0 saturated heterocycles. The Morgan fingerprint density at radius 2 is 2.06 bits per heavy atom. The minimum absolute atomic E-state index is 0.0374. The van der Waals surface area contributed by atoms with Gasteiger partial charge in [0.2, 0.25) is 0 Å². The van der Waals surface area contributed by atoms with E-state index in [-0.39, 0.29) is 6.61 Å². The number of nitrogens with one attached hydrogen (secondary N) is 2. The lowest BCUT2D eigenvalue weighted by atomic mass is 10.1. The first-order valence-electron chi connectivity index (χ1n) is 4.50. The maximum Gasteiger partial charge on any atom is 0.421 e. The molecule has 16 heavy (non-hydrogen) atoms. The van der Waals surface area contributed by atoms with E-state index < -0.39 is 35.1 Å². The van der Waals surface area contributed by atoms with Crippen LogP contribution in [0.1, 0.15) is 13.8 Å². The number of rotatable bonds is 6. The summed E-state index contributed by atoms with van der Waals surface area (Å²) in [6.07, 6.45) is -1.11. The summed E-state index contributed by atoms with van der Waals surface area (Å²) in [4.78, 5) is 10.8. The zero-order valence-electron chi connectivity index (χ0n) is 9.06. The SMILES string of the molecule is CCOC(=O)NS(=O)(=O)NCC(C)(O)CO. The summed E-state index contributed by atoms with van der Waals surface area (Å²) in [5, 5.41) is 18.0. The van der Waals surface area contributed by atoms with Crippen molar-refractivity contribution in [3.8, 4) is 0 Å². The summed E-state index contributed by atoms with van der Waals surface area (Å²) in [5.41, 5.74) is -1.59. The standard InChI is InChI=1S/C7H16N2O6S/c1-3-15-6(11)9-16(13,14)8-4-7(2,12)5-10/h8,10,12H,3-5H2,1-2H3,(H,9,11). The van der Waals surface area contributed by atoms with E-state index in [2.05, 4.69) is 4.74 Å². The maximum absolute atomic E-state index is 11.2. The number of carbonyl (C=O) groups is 1. The lowest BCUT2D eigenvalue weighted by Crippen LogP contribution is -2.48. The zero-order chi connectivity index (χ0) is 12.8. The summed E-state index contributed by atoms with van der Waals surface area (Å²) in [6, 6.07) is 0. The predicted octanol–water partition coefficient (Wildman–Crippen LogP) is -1.69. The number of amides is 1. The Bertz CT molecular complexity index is 326. The molecule has 8 nitrogen and oxygen atoms in total. The molecule has 0 aromatic rings. The van der Waals surface area contributed by atoms with Gasteiger partial charge in [-0.15, -0.1) is 0 Å². The molecular formula is C7H16N2O6S. The number of ether oxygens (including phenoxy) is 1. The van der Waals surface area contributed by atoms with Crippen molar-refractivity contribution < 1.29 is 28.2 Å². The van der Waals surface area contributed by atoms with Gasteiger partial charge in [0.1, 0.15) is 0 Å². The Morgan fingerprint density at radius 1 is 1.50 bits per heavy atom. The highest BCUT2D eigenvalue weighted by molar-refractivity contribution is 7.88. The highest BCUT2D eigenvalue weighted by Crippen LogP contribution is 1.99. The van der Waals surface area contributed by atoms with Crippen molar-refractivity contribution in [1.29, 1.82) is 0 Å². The van der Waals surface area contributed by atoms with Crippen LogP contribution in [0.3, 0.4) is 0 Å². The van der Waals surface area contributed by atoms with Crippen LogP contribution in [-0.2, 0) is 14.9 Å². The molecule has 4 N–H and O–H groups in total. The van der Waals surface area contributed by atoms with Gasteiger partial charge in [0.15, 0.2) is 0 Å². The van der Waals surface area contributed by atoms with Gasteiger partial charge >= 0.3 is 16.3 Å². The second-order valence-electron chi connectivity index (χ2n) is 3.30. The number of hydrogen-bond donors (Lipinski definition) is 4. The van der Waals surface area contributed by atoms with Gasteiger partial charge in [-0.05, 0) is 13.8 Å². The van der Waals surface area contributed by atoms with Gasteiger partial charge < -0.3 is 14.9 Å². The molecule has 0 heterocycles. The summed E-state index contributed by atoms with van der Waals surface area (Å²) >= 11 is 0. The Morgan fingerprint density at radius 3 is 2.50 bits per heavy atom. The Balaban J connectivity index is 4.21. The Kier molecular flexibility index (Phi) is 5.65. The third-order valence-electron chi connectivity index (χ3n) is 1.48.